The molecule has 222 valence electrons. The molecule has 4 rings (SSSR count). The quantitative estimate of drug-likeness (QED) is 0.404. The smallest absolute Gasteiger partial charge is 0.416 e. The first kappa shape index (κ1) is 30.5. The van der Waals surface area contributed by atoms with Gasteiger partial charge in [-0.25, -0.2) is 9.59 Å². The number of hydrogen-bond donors (Lipinski definition) is 3. The van der Waals surface area contributed by atoms with Gasteiger partial charge in [-0.15, -0.1) is 0 Å². The van der Waals surface area contributed by atoms with Crippen LogP contribution in [0.25, 0.3) is 0 Å². The largest absolute Gasteiger partial charge is 0.466 e. The molecular weight excluding hydrogens is 551 g/mol. The van der Waals surface area contributed by atoms with Crippen LogP contribution in [0.4, 0.5) is 23.7 Å². The number of methoxy groups -OCH3 is 1. The molecule has 42 heavy (non-hydrogen) atoms. The van der Waals surface area contributed by atoms with Crippen LogP contribution in [0.3, 0.4) is 0 Å². The van der Waals surface area contributed by atoms with Gasteiger partial charge in [0.05, 0.1) is 29.9 Å². The summed E-state index contributed by atoms with van der Waals surface area (Å²) in [7, 11) is 3.05. The third-order valence-electron chi connectivity index (χ3n) is 7.56. The third-order valence-corrected chi connectivity index (χ3v) is 7.56. The van der Waals surface area contributed by atoms with E-state index in [1.165, 1.54) is 25.1 Å². The summed E-state index contributed by atoms with van der Waals surface area (Å²) in [6.45, 7) is 4.81. The Labute approximate surface area is 241 Å². The maximum Gasteiger partial charge on any atom is 0.416 e. The van der Waals surface area contributed by atoms with Crippen molar-refractivity contribution in [1.82, 2.24) is 15.1 Å². The molecule has 1 atom stereocenters. The Hall–Kier alpha value is -4.41. The summed E-state index contributed by atoms with van der Waals surface area (Å²) in [4.78, 5) is 30.4. The number of carbonyl (C=O) groups is 2. The fourth-order valence-electron chi connectivity index (χ4n) is 5.58. The number of primary amides is 1. The van der Waals surface area contributed by atoms with Gasteiger partial charge < -0.3 is 20.7 Å². The number of carbonyl (C=O) groups excluding carboxylic acids is 2. The van der Waals surface area contributed by atoms with Crippen molar-refractivity contribution >= 4 is 23.6 Å². The summed E-state index contributed by atoms with van der Waals surface area (Å²) in [5.41, 5.74) is 6.23. The lowest BCUT2D eigenvalue weighted by atomic mass is 9.87. The monoisotopic (exact) mass is 583 g/mol. The molecule has 0 radical (unpaired) electrons. The Kier molecular flexibility index (Phi) is 8.89. The maximum absolute atomic E-state index is 13.5. The predicted molar refractivity (Wildman–Crippen MR) is 149 cm³/mol. The van der Waals surface area contributed by atoms with Gasteiger partial charge in [-0.05, 0) is 67.8 Å². The molecule has 2 aliphatic rings. The fraction of sp³-hybridized carbons (Fsp3) is 0.379. The van der Waals surface area contributed by atoms with E-state index in [-0.39, 0.29) is 17.0 Å². The van der Waals surface area contributed by atoms with Gasteiger partial charge in [0.1, 0.15) is 6.04 Å². The van der Waals surface area contributed by atoms with Crippen molar-refractivity contribution in [3.8, 4) is 6.07 Å². The molecule has 2 heterocycles. The number of amides is 2. The standard InChI is InChI=1S/C29H32F3N7O3/c1-17-24(26(40)42-3)25(23-8-7-18(13-33)11-20(23)9-10-37-15-19(16-37)14-36-2)39(28(35)41)27(34)38(17)22-6-4-5-21(12-22)29(30,31)32/h4-8,11-12,19,25,34,36H,9-10,14-16H2,1-3H3,(H2,35,41)/t25-/m1/s1. The van der Waals surface area contributed by atoms with Crippen molar-refractivity contribution < 1.29 is 27.5 Å². The molecule has 0 aromatic heterocycles. The first-order valence-electron chi connectivity index (χ1n) is 13.2. The highest BCUT2D eigenvalue weighted by atomic mass is 19.4. The van der Waals surface area contributed by atoms with Gasteiger partial charge in [0.15, 0.2) is 0 Å². The average molecular weight is 584 g/mol. The number of guanidine groups is 1. The SMILES string of the molecule is CNCC1CN(CCc2cc(C#N)ccc2[C@@H]2C(C(=O)OC)=C(C)N(c3cccc(C(F)(F)F)c3)C(=N)N2C(N)=O)C1. The molecule has 10 nitrogen and oxygen atoms in total. The number of hydrogen-bond acceptors (Lipinski definition) is 7. The molecule has 2 aromatic carbocycles. The first-order chi connectivity index (χ1) is 19.9. The Morgan fingerprint density at radius 1 is 1.21 bits per heavy atom. The Morgan fingerprint density at radius 2 is 1.93 bits per heavy atom. The number of rotatable bonds is 8. The fourth-order valence-corrected chi connectivity index (χ4v) is 5.58. The minimum absolute atomic E-state index is 0.0753. The molecule has 0 spiro atoms. The van der Waals surface area contributed by atoms with E-state index in [4.69, 9.17) is 15.9 Å². The van der Waals surface area contributed by atoms with E-state index in [0.29, 0.717) is 35.6 Å². The van der Waals surface area contributed by atoms with E-state index in [2.05, 4.69) is 16.3 Å². The second-order valence-electron chi connectivity index (χ2n) is 10.3. The highest BCUT2D eigenvalue weighted by Gasteiger charge is 2.44. The minimum Gasteiger partial charge on any atom is -0.466 e. The normalized spacial score (nSPS) is 18.1. The van der Waals surface area contributed by atoms with Gasteiger partial charge in [-0.2, -0.15) is 18.4 Å². The van der Waals surface area contributed by atoms with Crippen molar-refractivity contribution in [3.05, 3.63) is 76.0 Å². The van der Waals surface area contributed by atoms with Gasteiger partial charge >= 0.3 is 18.2 Å². The van der Waals surface area contributed by atoms with Crippen LogP contribution in [0.1, 0.15) is 35.2 Å². The molecule has 0 aliphatic carbocycles. The lowest BCUT2D eigenvalue weighted by Gasteiger charge is -2.43. The van der Waals surface area contributed by atoms with E-state index in [1.54, 1.807) is 12.1 Å². The molecule has 4 N–H and O–H groups in total. The number of nitrogens with zero attached hydrogens (tertiary/aromatic N) is 4. The van der Waals surface area contributed by atoms with Gasteiger partial charge in [0.25, 0.3) is 0 Å². The highest BCUT2D eigenvalue weighted by molar-refractivity contribution is 6.10. The Balaban J connectivity index is 1.84. The first-order valence-corrected chi connectivity index (χ1v) is 13.2. The van der Waals surface area contributed by atoms with Crippen molar-refractivity contribution in [2.24, 2.45) is 11.7 Å². The molecule has 0 bridgehead atoms. The van der Waals surface area contributed by atoms with Crippen molar-refractivity contribution in [2.75, 3.05) is 45.2 Å². The molecular formula is C29H32F3N7O3. The number of nitrogens with two attached hydrogens (primary N) is 1. The zero-order valence-electron chi connectivity index (χ0n) is 23.5. The lowest BCUT2D eigenvalue weighted by Crippen LogP contribution is -2.55. The summed E-state index contributed by atoms with van der Waals surface area (Å²) >= 11 is 0. The number of urea groups is 1. The van der Waals surface area contributed by atoms with E-state index < -0.39 is 35.7 Å². The highest BCUT2D eigenvalue weighted by Crippen LogP contribution is 2.42. The topological polar surface area (TPSA) is 139 Å². The summed E-state index contributed by atoms with van der Waals surface area (Å²) in [5, 5.41) is 21.7. The lowest BCUT2D eigenvalue weighted by molar-refractivity contribution is -0.138. The predicted octanol–water partition coefficient (Wildman–Crippen LogP) is 3.59. The zero-order chi connectivity index (χ0) is 30.8. The van der Waals surface area contributed by atoms with Crippen LogP contribution in [0.15, 0.2) is 53.7 Å². The molecule has 1 saturated heterocycles. The van der Waals surface area contributed by atoms with Crippen molar-refractivity contribution in [2.45, 2.75) is 25.6 Å². The minimum atomic E-state index is -4.66. The van der Waals surface area contributed by atoms with Crippen LogP contribution in [-0.2, 0) is 22.1 Å². The van der Waals surface area contributed by atoms with E-state index >= 15 is 0 Å². The number of anilines is 1. The number of ether oxygens (including phenoxy) is 1. The zero-order valence-corrected chi connectivity index (χ0v) is 23.5. The van der Waals surface area contributed by atoms with Gasteiger partial charge in [0.2, 0.25) is 5.96 Å². The number of allylic oxidation sites excluding steroid dienone is 1. The van der Waals surface area contributed by atoms with Gasteiger partial charge in [-0.1, -0.05) is 12.1 Å². The maximum atomic E-state index is 13.5. The summed E-state index contributed by atoms with van der Waals surface area (Å²) < 4.78 is 45.7. The Bertz CT molecular complexity index is 1460. The van der Waals surface area contributed by atoms with Crippen LogP contribution in [0.5, 0.6) is 0 Å². The van der Waals surface area contributed by atoms with E-state index in [9.17, 15) is 28.0 Å². The number of esters is 1. The van der Waals surface area contributed by atoms with Crippen LogP contribution in [0.2, 0.25) is 0 Å². The number of benzene rings is 2. The number of alkyl halides is 3. The summed E-state index contributed by atoms with van der Waals surface area (Å²) in [6, 6.07) is 8.83. The third kappa shape index (κ3) is 5.95. The van der Waals surface area contributed by atoms with Gasteiger partial charge in [-0.3, -0.25) is 15.2 Å². The molecule has 13 heteroatoms. The Morgan fingerprint density at radius 3 is 2.52 bits per heavy atom. The number of nitriles is 1. The second-order valence-corrected chi connectivity index (χ2v) is 10.3. The number of likely N-dealkylation sites (tertiary alicyclic amines) is 1. The van der Waals surface area contributed by atoms with Gasteiger partial charge in [0, 0.05) is 37.6 Å². The molecule has 0 unspecified atom stereocenters. The van der Waals surface area contributed by atoms with Crippen LogP contribution in [0, 0.1) is 22.7 Å². The van der Waals surface area contributed by atoms with E-state index in [0.717, 1.165) is 48.7 Å². The summed E-state index contributed by atoms with van der Waals surface area (Å²) in [5.74, 6) is -0.853. The van der Waals surface area contributed by atoms with Crippen LogP contribution >= 0.6 is 0 Å². The van der Waals surface area contributed by atoms with Crippen molar-refractivity contribution in [3.63, 3.8) is 0 Å². The molecule has 2 aromatic rings. The molecule has 1 fully saturated rings. The summed E-state index contributed by atoms with van der Waals surface area (Å²) in [6.07, 6.45) is -4.19. The average Bonchev–Trinajstić information content (AvgIpc) is 2.92. The second kappa shape index (κ2) is 12.2. The van der Waals surface area contributed by atoms with Crippen molar-refractivity contribution in [1.29, 1.82) is 10.7 Å². The molecule has 2 amide bonds. The van der Waals surface area contributed by atoms with Crippen LogP contribution in [-0.4, -0.2) is 68.1 Å². The molecule has 0 saturated carbocycles. The molecule has 2 aliphatic heterocycles. The number of nitrogens with one attached hydrogen (secondary N) is 2. The number of halogens is 3. The van der Waals surface area contributed by atoms with E-state index in [1.807, 2.05) is 7.05 Å². The van der Waals surface area contributed by atoms with Crippen LogP contribution < -0.4 is 16.0 Å².